The van der Waals surface area contributed by atoms with Crippen molar-refractivity contribution >= 4 is 15.9 Å². The lowest BCUT2D eigenvalue weighted by Crippen LogP contribution is -2.19. The maximum atomic E-state index is 11.8. The second kappa shape index (κ2) is 4.40. The van der Waals surface area contributed by atoms with E-state index in [9.17, 15) is 9.18 Å². The van der Waals surface area contributed by atoms with Crippen molar-refractivity contribution < 1.29 is 4.39 Å². The SMILES string of the molecule is O=c1cccc(Br)n1CCCF. The Morgan fingerprint density at radius 3 is 2.83 bits per heavy atom. The van der Waals surface area contributed by atoms with E-state index >= 15 is 0 Å². The van der Waals surface area contributed by atoms with Gasteiger partial charge in [0, 0.05) is 12.6 Å². The van der Waals surface area contributed by atoms with Gasteiger partial charge in [0.2, 0.25) is 0 Å². The van der Waals surface area contributed by atoms with Crippen LogP contribution in [-0.4, -0.2) is 11.2 Å². The molecule has 0 saturated carbocycles. The van der Waals surface area contributed by atoms with Crippen LogP contribution in [0.4, 0.5) is 4.39 Å². The topological polar surface area (TPSA) is 22.0 Å². The number of alkyl halides is 1. The fourth-order valence-electron chi connectivity index (χ4n) is 0.930. The molecule has 0 N–H and O–H groups in total. The quantitative estimate of drug-likeness (QED) is 0.733. The summed E-state index contributed by atoms with van der Waals surface area (Å²) in [6.07, 6.45) is 0.377. The molecule has 0 aliphatic heterocycles. The molecule has 0 aliphatic rings. The van der Waals surface area contributed by atoms with Crippen molar-refractivity contribution in [1.29, 1.82) is 0 Å². The Balaban J connectivity index is 2.89. The molecule has 66 valence electrons. The minimum absolute atomic E-state index is 0.0992. The molecule has 0 aromatic carbocycles. The van der Waals surface area contributed by atoms with Crippen molar-refractivity contribution in [3.05, 3.63) is 33.2 Å². The lowest BCUT2D eigenvalue weighted by Gasteiger charge is -2.05. The third-order valence-corrected chi connectivity index (χ3v) is 2.20. The van der Waals surface area contributed by atoms with Gasteiger partial charge in [-0.3, -0.25) is 9.18 Å². The van der Waals surface area contributed by atoms with Crippen molar-refractivity contribution in [2.24, 2.45) is 0 Å². The van der Waals surface area contributed by atoms with E-state index in [0.29, 0.717) is 17.6 Å². The molecule has 12 heavy (non-hydrogen) atoms. The Morgan fingerprint density at radius 1 is 1.50 bits per heavy atom. The summed E-state index contributed by atoms with van der Waals surface area (Å²) in [6, 6.07) is 4.89. The smallest absolute Gasteiger partial charge is 0.251 e. The van der Waals surface area contributed by atoms with Gasteiger partial charge in [0.05, 0.1) is 11.3 Å². The van der Waals surface area contributed by atoms with E-state index in [0.717, 1.165) is 0 Å². The molecule has 1 heterocycles. The number of rotatable bonds is 3. The van der Waals surface area contributed by atoms with Crippen LogP contribution < -0.4 is 5.56 Å². The van der Waals surface area contributed by atoms with E-state index in [1.807, 2.05) is 0 Å². The first-order valence-electron chi connectivity index (χ1n) is 3.67. The summed E-state index contributed by atoms with van der Waals surface area (Å²) >= 11 is 3.22. The van der Waals surface area contributed by atoms with Crippen molar-refractivity contribution in [3.63, 3.8) is 0 Å². The Bertz CT molecular complexity index is 310. The van der Waals surface area contributed by atoms with Gasteiger partial charge in [0.25, 0.3) is 5.56 Å². The van der Waals surface area contributed by atoms with Crippen LogP contribution in [0, 0.1) is 0 Å². The average Bonchev–Trinajstić information content (AvgIpc) is 2.04. The summed E-state index contributed by atoms with van der Waals surface area (Å²) in [6.45, 7) is 0.0323. The Kier molecular flexibility index (Phi) is 3.47. The highest BCUT2D eigenvalue weighted by Crippen LogP contribution is 2.06. The minimum Gasteiger partial charge on any atom is -0.303 e. The highest BCUT2D eigenvalue weighted by Gasteiger charge is 1.98. The van der Waals surface area contributed by atoms with Crippen LogP contribution in [-0.2, 0) is 6.54 Å². The van der Waals surface area contributed by atoms with E-state index < -0.39 is 6.67 Å². The summed E-state index contributed by atoms with van der Waals surface area (Å²) < 4.78 is 14.0. The molecule has 0 spiro atoms. The fraction of sp³-hybridized carbons (Fsp3) is 0.375. The highest BCUT2D eigenvalue weighted by molar-refractivity contribution is 9.10. The Hall–Kier alpha value is -0.640. The summed E-state index contributed by atoms with van der Waals surface area (Å²) in [7, 11) is 0. The van der Waals surface area contributed by atoms with Gasteiger partial charge in [-0.05, 0) is 28.4 Å². The van der Waals surface area contributed by atoms with Crippen LogP contribution in [0.15, 0.2) is 27.6 Å². The first-order valence-corrected chi connectivity index (χ1v) is 4.46. The number of aromatic nitrogens is 1. The molecular formula is C8H9BrFNO. The standard InChI is InChI=1S/C8H9BrFNO/c9-7-3-1-4-8(12)11(7)6-2-5-10/h1,3-4H,2,5-6H2. The third kappa shape index (κ3) is 2.17. The molecule has 1 aromatic heterocycles. The van der Waals surface area contributed by atoms with Crippen molar-refractivity contribution in [2.45, 2.75) is 13.0 Å². The molecule has 0 fully saturated rings. The molecule has 0 bridgehead atoms. The summed E-state index contributed by atoms with van der Waals surface area (Å²) in [4.78, 5) is 11.2. The monoisotopic (exact) mass is 233 g/mol. The number of hydrogen-bond acceptors (Lipinski definition) is 1. The van der Waals surface area contributed by atoms with Crippen LogP contribution >= 0.6 is 15.9 Å². The Morgan fingerprint density at radius 2 is 2.25 bits per heavy atom. The molecule has 0 saturated heterocycles. The first kappa shape index (κ1) is 9.45. The molecule has 0 unspecified atom stereocenters. The predicted molar refractivity (Wildman–Crippen MR) is 49.0 cm³/mol. The Labute approximate surface area is 78.2 Å². The summed E-state index contributed by atoms with van der Waals surface area (Å²) in [5, 5.41) is 0. The van der Waals surface area contributed by atoms with Crippen molar-refractivity contribution in [1.82, 2.24) is 4.57 Å². The van der Waals surface area contributed by atoms with E-state index in [1.165, 1.54) is 10.6 Å². The lowest BCUT2D eigenvalue weighted by atomic mass is 10.4. The zero-order valence-corrected chi connectivity index (χ0v) is 8.05. The average molecular weight is 234 g/mol. The van der Waals surface area contributed by atoms with Crippen LogP contribution in [0.25, 0.3) is 0 Å². The zero-order valence-electron chi connectivity index (χ0n) is 6.46. The number of hydrogen-bond donors (Lipinski definition) is 0. The van der Waals surface area contributed by atoms with Crippen molar-refractivity contribution in [3.8, 4) is 0 Å². The molecular weight excluding hydrogens is 225 g/mol. The minimum atomic E-state index is -0.395. The van der Waals surface area contributed by atoms with Gasteiger partial charge in [0.1, 0.15) is 0 Å². The van der Waals surface area contributed by atoms with Gasteiger partial charge in [-0.2, -0.15) is 0 Å². The molecule has 0 aliphatic carbocycles. The van der Waals surface area contributed by atoms with Crippen LogP contribution in [0.3, 0.4) is 0 Å². The number of pyridine rings is 1. The van der Waals surface area contributed by atoms with Gasteiger partial charge < -0.3 is 4.57 Å². The largest absolute Gasteiger partial charge is 0.303 e. The van der Waals surface area contributed by atoms with E-state index in [-0.39, 0.29) is 5.56 Å². The van der Waals surface area contributed by atoms with Gasteiger partial charge in [-0.15, -0.1) is 0 Å². The molecule has 0 radical (unpaired) electrons. The number of nitrogens with zero attached hydrogens (tertiary/aromatic N) is 1. The normalized spacial score (nSPS) is 10.2. The zero-order chi connectivity index (χ0) is 8.97. The van der Waals surface area contributed by atoms with Gasteiger partial charge >= 0.3 is 0 Å². The van der Waals surface area contributed by atoms with E-state index in [4.69, 9.17) is 0 Å². The second-order valence-electron chi connectivity index (χ2n) is 2.38. The van der Waals surface area contributed by atoms with Crippen LogP contribution in [0.2, 0.25) is 0 Å². The summed E-state index contributed by atoms with van der Waals surface area (Å²) in [5.41, 5.74) is -0.0992. The number of halogens is 2. The fourth-order valence-corrected chi connectivity index (χ4v) is 1.43. The van der Waals surface area contributed by atoms with E-state index in [1.54, 1.807) is 12.1 Å². The molecule has 0 atom stereocenters. The van der Waals surface area contributed by atoms with Crippen LogP contribution in [0.1, 0.15) is 6.42 Å². The molecule has 1 aromatic rings. The molecule has 4 heteroatoms. The molecule has 2 nitrogen and oxygen atoms in total. The molecule has 1 rings (SSSR count). The predicted octanol–water partition coefficient (Wildman–Crippen LogP) is 1.97. The van der Waals surface area contributed by atoms with Gasteiger partial charge in [-0.1, -0.05) is 6.07 Å². The van der Waals surface area contributed by atoms with Crippen LogP contribution in [0.5, 0.6) is 0 Å². The lowest BCUT2D eigenvalue weighted by molar-refractivity contribution is 0.441. The maximum Gasteiger partial charge on any atom is 0.251 e. The second-order valence-corrected chi connectivity index (χ2v) is 3.19. The summed E-state index contributed by atoms with van der Waals surface area (Å²) in [5.74, 6) is 0. The maximum absolute atomic E-state index is 11.8. The van der Waals surface area contributed by atoms with Gasteiger partial charge in [0.15, 0.2) is 0 Å². The van der Waals surface area contributed by atoms with Crippen molar-refractivity contribution in [2.75, 3.05) is 6.67 Å². The third-order valence-electron chi connectivity index (χ3n) is 1.51. The van der Waals surface area contributed by atoms with E-state index in [2.05, 4.69) is 15.9 Å². The highest BCUT2D eigenvalue weighted by atomic mass is 79.9. The molecule has 0 amide bonds. The van der Waals surface area contributed by atoms with Gasteiger partial charge in [-0.25, -0.2) is 0 Å². The first-order chi connectivity index (χ1) is 5.75.